The van der Waals surface area contributed by atoms with E-state index in [1.54, 1.807) is 11.3 Å². The van der Waals surface area contributed by atoms with E-state index in [1.165, 1.54) is 4.88 Å². The maximum atomic E-state index is 12.8. The number of nitrogens with zero attached hydrogens (tertiary/aromatic N) is 2. The third-order valence-electron chi connectivity index (χ3n) is 4.68. The van der Waals surface area contributed by atoms with Crippen LogP contribution in [0.15, 0.2) is 46.8 Å². The van der Waals surface area contributed by atoms with Crippen LogP contribution in [0, 0.1) is 0 Å². The second-order valence-electron chi connectivity index (χ2n) is 7.29. The van der Waals surface area contributed by atoms with Gasteiger partial charge in [0.1, 0.15) is 0 Å². The van der Waals surface area contributed by atoms with Crippen LogP contribution in [0.2, 0.25) is 0 Å². The van der Waals surface area contributed by atoms with Crippen molar-refractivity contribution in [2.24, 2.45) is 4.99 Å². The molecule has 0 aliphatic carbocycles. The summed E-state index contributed by atoms with van der Waals surface area (Å²) in [5.41, 5.74) is 1.78. The maximum Gasteiger partial charge on any atom is 0.254 e. The predicted octanol–water partition coefficient (Wildman–Crippen LogP) is 3.25. The Bertz CT molecular complexity index is 795. The van der Waals surface area contributed by atoms with Crippen LogP contribution in [0.5, 0.6) is 0 Å². The van der Waals surface area contributed by atoms with Crippen molar-refractivity contribution in [3.05, 3.63) is 57.8 Å². The summed E-state index contributed by atoms with van der Waals surface area (Å²) in [6.45, 7) is 9.45. The van der Waals surface area contributed by atoms with Crippen molar-refractivity contribution >= 4 is 23.2 Å². The third-order valence-corrected chi connectivity index (χ3v) is 5.56. The Morgan fingerprint density at radius 3 is 2.52 bits per heavy atom. The lowest BCUT2D eigenvalue weighted by Crippen LogP contribution is -2.48. The van der Waals surface area contributed by atoms with Crippen molar-refractivity contribution in [1.82, 2.24) is 15.5 Å². The van der Waals surface area contributed by atoms with Crippen molar-refractivity contribution in [3.8, 4) is 0 Å². The van der Waals surface area contributed by atoms with Crippen LogP contribution in [0.3, 0.4) is 0 Å². The number of benzene rings is 1. The SMILES string of the molecule is CCNC(=NCc1ccc(C(=O)N2CC(C)OC(C)C2)cc1)NCc1cccs1. The minimum Gasteiger partial charge on any atom is -0.372 e. The van der Waals surface area contributed by atoms with Gasteiger partial charge >= 0.3 is 0 Å². The van der Waals surface area contributed by atoms with Crippen molar-refractivity contribution in [1.29, 1.82) is 0 Å². The molecule has 1 aromatic carbocycles. The summed E-state index contributed by atoms with van der Waals surface area (Å²) in [7, 11) is 0. The highest BCUT2D eigenvalue weighted by Crippen LogP contribution is 2.15. The van der Waals surface area contributed by atoms with Gasteiger partial charge in [0.25, 0.3) is 5.91 Å². The number of hydrogen-bond donors (Lipinski definition) is 2. The Kier molecular flexibility index (Phi) is 7.66. The molecule has 1 saturated heterocycles. The van der Waals surface area contributed by atoms with E-state index in [9.17, 15) is 4.79 Å². The molecule has 1 aromatic heterocycles. The van der Waals surface area contributed by atoms with Gasteiger partial charge in [-0.3, -0.25) is 4.79 Å². The van der Waals surface area contributed by atoms with Gasteiger partial charge in [0.05, 0.1) is 25.3 Å². The molecule has 1 amide bonds. The lowest BCUT2D eigenvalue weighted by atomic mass is 10.1. The second kappa shape index (κ2) is 10.4. The fourth-order valence-corrected chi connectivity index (χ4v) is 4.02. The van der Waals surface area contributed by atoms with Crippen LogP contribution < -0.4 is 10.6 Å². The molecule has 0 spiro atoms. The van der Waals surface area contributed by atoms with Crippen molar-refractivity contribution in [2.45, 2.75) is 46.1 Å². The zero-order valence-electron chi connectivity index (χ0n) is 17.4. The van der Waals surface area contributed by atoms with Crippen LogP contribution in [-0.2, 0) is 17.8 Å². The highest BCUT2D eigenvalue weighted by molar-refractivity contribution is 7.09. The maximum absolute atomic E-state index is 12.8. The molecule has 0 bridgehead atoms. The molecule has 2 heterocycles. The summed E-state index contributed by atoms with van der Waals surface area (Å²) in [5, 5.41) is 8.69. The van der Waals surface area contributed by atoms with Gasteiger partial charge < -0.3 is 20.3 Å². The molecule has 1 fully saturated rings. The van der Waals surface area contributed by atoms with E-state index >= 15 is 0 Å². The molecule has 1 aliphatic rings. The minimum absolute atomic E-state index is 0.0630. The number of rotatable bonds is 6. The number of guanidine groups is 1. The smallest absolute Gasteiger partial charge is 0.254 e. The van der Waals surface area contributed by atoms with Gasteiger partial charge in [-0.15, -0.1) is 11.3 Å². The van der Waals surface area contributed by atoms with Crippen LogP contribution in [0.1, 0.15) is 41.6 Å². The number of ether oxygens (including phenoxy) is 1. The van der Waals surface area contributed by atoms with E-state index in [-0.39, 0.29) is 18.1 Å². The Labute approximate surface area is 177 Å². The Morgan fingerprint density at radius 1 is 1.17 bits per heavy atom. The van der Waals surface area contributed by atoms with Gasteiger partial charge in [-0.25, -0.2) is 4.99 Å². The fourth-order valence-electron chi connectivity index (χ4n) is 3.38. The van der Waals surface area contributed by atoms with Gasteiger partial charge in [0.15, 0.2) is 5.96 Å². The molecular weight excluding hydrogens is 384 g/mol. The Morgan fingerprint density at radius 2 is 1.90 bits per heavy atom. The molecule has 7 heteroatoms. The largest absolute Gasteiger partial charge is 0.372 e. The summed E-state index contributed by atoms with van der Waals surface area (Å²) in [6, 6.07) is 11.9. The van der Waals surface area contributed by atoms with Crippen molar-refractivity contribution in [2.75, 3.05) is 19.6 Å². The number of hydrogen-bond acceptors (Lipinski definition) is 4. The highest BCUT2D eigenvalue weighted by atomic mass is 32.1. The van der Waals surface area contributed by atoms with E-state index in [1.807, 2.05) is 49.1 Å². The molecule has 2 N–H and O–H groups in total. The lowest BCUT2D eigenvalue weighted by molar-refractivity contribution is -0.0586. The zero-order valence-corrected chi connectivity index (χ0v) is 18.2. The predicted molar refractivity (Wildman–Crippen MR) is 118 cm³/mol. The normalized spacial score (nSPS) is 19.8. The molecule has 6 nitrogen and oxygen atoms in total. The van der Waals surface area contributed by atoms with E-state index < -0.39 is 0 Å². The summed E-state index contributed by atoms with van der Waals surface area (Å²) in [5.74, 6) is 0.852. The molecule has 2 atom stereocenters. The number of morpholine rings is 1. The van der Waals surface area contributed by atoms with E-state index in [0.717, 1.165) is 24.6 Å². The number of aliphatic imine (C=N–C) groups is 1. The van der Waals surface area contributed by atoms with Crippen molar-refractivity contribution in [3.63, 3.8) is 0 Å². The summed E-state index contributed by atoms with van der Waals surface area (Å²) < 4.78 is 5.72. The van der Waals surface area contributed by atoms with Gasteiger partial charge in [0, 0.05) is 30.1 Å². The summed E-state index contributed by atoms with van der Waals surface area (Å²) in [4.78, 5) is 20.6. The molecule has 0 saturated carbocycles. The van der Waals surface area contributed by atoms with Gasteiger partial charge in [-0.2, -0.15) is 0 Å². The van der Waals surface area contributed by atoms with Gasteiger partial charge in [0.2, 0.25) is 0 Å². The molecule has 3 rings (SSSR count). The second-order valence-corrected chi connectivity index (χ2v) is 8.32. The minimum atomic E-state index is 0.0630. The zero-order chi connectivity index (χ0) is 20.6. The molecule has 2 unspecified atom stereocenters. The first-order valence-electron chi connectivity index (χ1n) is 10.1. The molecule has 1 aliphatic heterocycles. The van der Waals surface area contributed by atoms with Gasteiger partial charge in [-0.05, 0) is 49.9 Å². The van der Waals surface area contributed by atoms with Crippen LogP contribution >= 0.6 is 11.3 Å². The van der Waals surface area contributed by atoms with Crippen LogP contribution in [-0.4, -0.2) is 48.6 Å². The van der Waals surface area contributed by atoms with Gasteiger partial charge in [-0.1, -0.05) is 18.2 Å². The van der Waals surface area contributed by atoms with E-state index in [2.05, 4.69) is 34.0 Å². The molecule has 156 valence electrons. The standard InChI is InChI=1S/C22H30N4O2S/c1-4-23-22(25-13-20-6-5-11-29-20)24-12-18-7-9-19(10-8-18)21(27)26-14-16(2)28-17(3)15-26/h5-11,16-17H,4,12-15H2,1-3H3,(H2,23,24,25). The van der Waals surface area contributed by atoms with Crippen LogP contribution in [0.25, 0.3) is 0 Å². The first-order valence-corrected chi connectivity index (χ1v) is 11.0. The number of amides is 1. The number of nitrogens with one attached hydrogen (secondary N) is 2. The molecule has 0 radical (unpaired) electrons. The Hall–Kier alpha value is -2.38. The number of carbonyl (C=O) groups is 1. The van der Waals surface area contributed by atoms with E-state index in [4.69, 9.17) is 4.74 Å². The molecular formula is C22H30N4O2S. The monoisotopic (exact) mass is 414 g/mol. The molecule has 29 heavy (non-hydrogen) atoms. The average Bonchev–Trinajstić information content (AvgIpc) is 3.23. The average molecular weight is 415 g/mol. The first kappa shape index (κ1) is 21.3. The first-order chi connectivity index (χ1) is 14.0. The quantitative estimate of drug-likeness (QED) is 0.563. The topological polar surface area (TPSA) is 66.0 Å². The molecule has 2 aromatic rings. The van der Waals surface area contributed by atoms with E-state index in [0.29, 0.717) is 25.2 Å². The summed E-state index contributed by atoms with van der Waals surface area (Å²) in [6.07, 6.45) is 0.143. The summed E-state index contributed by atoms with van der Waals surface area (Å²) >= 11 is 1.72. The van der Waals surface area contributed by atoms with Crippen LogP contribution in [0.4, 0.5) is 0 Å². The Balaban J connectivity index is 1.58. The van der Waals surface area contributed by atoms with Crippen molar-refractivity contribution < 1.29 is 9.53 Å². The fraction of sp³-hybridized carbons (Fsp3) is 0.455. The third kappa shape index (κ3) is 6.30. The number of thiophene rings is 1. The number of carbonyl (C=O) groups excluding carboxylic acids is 1. The lowest BCUT2D eigenvalue weighted by Gasteiger charge is -2.35. The highest BCUT2D eigenvalue weighted by Gasteiger charge is 2.26.